The van der Waals surface area contributed by atoms with Crippen LogP contribution in [0.3, 0.4) is 0 Å². The first-order valence-corrected chi connectivity index (χ1v) is 9.64. The number of hydrogen-bond acceptors (Lipinski definition) is 5. The largest absolute Gasteiger partial charge is 0.497 e. The van der Waals surface area contributed by atoms with Gasteiger partial charge in [0.25, 0.3) is 5.91 Å². The Balaban J connectivity index is 1.53. The maximum absolute atomic E-state index is 13.2. The molecule has 0 bridgehead atoms. The van der Waals surface area contributed by atoms with E-state index in [9.17, 15) is 4.79 Å². The van der Waals surface area contributed by atoms with Gasteiger partial charge in [0.2, 0.25) is 0 Å². The van der Waals surface area contributed by atoms with Gasteiger partial charge in [0.05, 0.1) is 33.5 Å². The van der Waals surface area contributed by atoms with E-state index >= 15 is 0 Å². The first kappa shape index (κ1) is 19.0. The van der Waals surface area contributed by atoms with E-state index in [2.05, 4.69) is 10.3 Å². The molecular formula is C22H24N4O3. The zero-order chi connectivity index (χ0) is 20.2. The molecule has 1 aliphatic rings. The van der Waals surface area contributed by atoms with Crippen molar-refractivity contribution in [3.63, 3.8) is 0 Å². The molecule has 1 fully saturated rings. The van der Waals surface area contributed by atoms with Gasteiger partial charge >= 0.3 is 0 Å². The van der Waals surface area contributed by atoms with E-state index in [0.717, 1.165) is 35.5 Å². The highest BCUT2D eigenvalue weighted by Gasteiger charge is 2.34. The summed E-state index contributed by atoms with van der Waals surface area (Å²) in [6.07, 6.45) is 3.71. The van der Waals surface area contributed by atoms with E-state index in [0.29, 0.717) is 18.8 Å². The number of methoxy groups -OCH3 is 2. The highest BCUT2D eigenvalue weighted by Crippen LogP contribution is 2.32. The fourth-order valence-electron chi connectivity index (χ4n) is 3.33. The zero-order valence-electron chi connectivity index (χ0n) is 16.6. The maximum Gasteiger partial charge on any atom is 0.276 e. The molecule has 2 aromatic carbocycles. The van der Waals surface area contributed by atoms with E-state index in [1.807, 2.05) is 53.4 Å². The number of carbonyl (C=O) groups excluding carboxylic acids is 1. The van der Waals surface area contributed by atoms with Crippen LogP contribution >= 0.6 is 0 Å². The van der Waals surface area contributed by atoms with Crippen LogP contribution in [0.5, 0.6) is 11.5 Å². The van der Waals surface area contributed by atoms with Crippen molar-refractivity contribution in [3.05, 3.63) is 71.5 Å². The molecule has 0 spiro atoms. The van der Waals surface area contributed by atoms with Gasteiger partial charge in [0.1, 0.15) is 11.5 Å². The molecule has 7 nitrogen and oxygen atoms in total. The van der Waals surface area contributed by atoms with Crippen molar-refractivity contribution in [2.75, 3.05) is 14.2 Å². The number of nitrogens with zero attached hydrogens (tertiary/aromatic N) is 4. The van der Waals surface area contributed by atoms with Crippen LogP contribution in [0.25, 0.3) is 0 Å². The van der Waals surface area contributed by atoms with Crippen LogP contribution in [0.1, 0.15) is 34.5 Å². The minimum Gasteiger partial charge on any atom is -0.497 e. The lowest BCUT2D eigenvalue weighted by Crippen LogP contribution is -2.33. The average molecular weight is 392 g/mol. The fourth-order valence-corrected chi connectivity index (χ4v) is 3.33. The number of aromatic nitrogens is 3. The van der Waals surface area contributed by atoms with E-state index in [1.54, 1.807) is 25.1 Å². The summed E-state index contributed by atoms with van der Waals surface area (Å²) in [5, 5.41) is 8.26. The molecule has 0 atom stereocenters. The Labute approximate surface area is 169 Å². The highest BCUT2D eigenvalue weighted by molar-refractivity contribution is 5.92. The number of carbonyl (C=O) groups is 1. The predicted molar refractivity (Wildman–Crippen MR) is 108 cm³/mol. The standard InChI is InChI=1S/C22H24N4O3/c1-28-19-10-11-21(29-2)17(12-19)14-26(18-8-9-18)22(27)20-15-25(24-23-20)13-16-6-4-3-5-7-16/h3-7,10-12,15,18H,8-9,13-14H2,1-2H3. The molecule has 7 heteroatoms. The van der Waals surface area contributed by atoms with Crippen LogP contribution in [-0.2, 0) is 13.1 Å². The van der Waals surface area contributed by atoms with Gasteiger partial charge in [-0.1, -0.05) is 35.5 Å². The highest BCUT2D eigenvalue weighted by atomic mass is 16.5. The lowest BCUT2D eigenvalue weighted by molar-refractivity contribution is 0.0722. The Morgan fingerprint density at radius 2 is 1.93 bits per heavy atom. The molecule has 1 saturated carbocycles. The summed E-state index contributed by atoms with van der Waals surface area (Å²) >= 11 is 0. The number of rotatable bonds is 8. The average Bonchev–Trinajstić information content (AvgIpc) is 3.50. The summed E-state index contributed by atoms with van der Waals surface area (Å²) in [6.45, 7) is 1.02. The topological polar surface area (TPSA) is 69.5 Å². The number of benzene rings is 2. The van der Waals surface area contributed by atoms with Crippen LogP contribution in [0.2, 0.25) is 0 Å². The lowest BCUT2D eigenvalue weighted by atomic mass is 10.1. The van der Waals surface area contributed by atoms with Gasteiger partial charge in [-0.2, -0.15) is 0 Å². The van der Waals surface area contributed by atoms with Gasteiger partial charge in [-0.05, 0) is 36.6 Å². The number of ether oxygens (including phenoxy) is 2. The molecule has 1 aliphatic carbocycles. The van der Waals surface area contributed by atoms with Gasteiger partial charge in [-0.15, -0.1) is 5.10 Å². The maximum atomic E-state index is 13.2. The van der Waals surface area contributed by atoms with Gasteiger partial charge in [-0.25, -0.2) is 4.68 Å². The molecule has 0 unspecified atom stereocenters. The van der Waals surface area contributed by atoms with Crippen LogP contribution in [0.4, 0.5) is 0 Å². The summed E-state index contributed by atoms with van der Waals surface area (Å²) in [5.74, 6) is 1.35. The molecule has 1 heterocycles. The van der Waals surface area contributed by atoms with Crippen molar-refractivity contribution < 1.29 is 14.3 Å². The van der Waals surface area contributed by atoms with Gasteiger partial charge in [0.15, 0.2) is 5.69 Å². The van der Waals surface area contributed by atoms with Crippen LogP contribution in [0.15, 0.2) is 54.7 Å². The molecule has 4 rings (SSSR count). The molecule has 1 amide bonds. The fraction of sp³-hybridized carbons (Fsp3) is 0.318. The zero-order valence-corrected chi connectivity index (χ0v) is 16.6. The predicted octanol–water partition coefficient (Wildman–Crippen LogP) is 3.15. The Kier molecular flexibility index (Phi) is 5.46. The Bertz CT molecular complexity index is 983. The number of amides is 1. The van der Waals surface area contributed by atoms with Gasteiger partial charge in [-0.3, -0.25) is 4.79 Å². The third-order valence-corrected chi connectivity index (χ3v) is 5.02. The molecule has 0 aliphatic heterocycles. The summed E-state index contributed by atoms with van der Waals surface area (Å²) in [6, 6.07) is 15.8. The van der Waals surface area contributed by atoms with Crippen LogP contribution in [-0.4, -0.2) is 46.1 Å². The van der Waals surface area contributed by atoms with Crippen molar-refractivity contribution >= 4 is 5.91 Å². The Hall–Kier alpha value is -3.35. The van der Waals surface area contributed by atoms with Crippen molar-refractivity contribution in [1.29, 1.82) is 0 Å². The number of hydrogen-bond donors (Lipinski definition) is 0. The molecule has 0 N–H and O–H groups in total. The van der Waals surface area contributed by atoms with Crippen molar-refractivity contribution in [2.45, 2.75) is 32.0 Å². The summed E-state index contributed by atoms with van der Waals surface area (Å²) in [4.78, 5) is 15.0. The molecule has 1 aromatic heterocycles. The van der Waals surface area contributed by atoms with Crippen LogP contribution < -0.4 is 9.47 Å². The monoisotopic (exact) mass is 392 g/mol. The van der Waals surface area contributed by atoms with E-state index in [-0.39, 0.29) is 11.9 Å². The second-order valence-electron chi connectivity index (χ2n) is 7.13. The minimum absolute atomic E-state index is 0.114. The van der Waals surface area contributed by atoms with E-state index in [4.69, 9.17) is 9.47 Å². The van der Waals surface area contributed by atoms with Crippen LogP contribution in [0, 0.1) is 0 Å². The van der Waals surface area contributed by atoms with Crippen molar-refractivity contribution in [1.82, 2.24) is 19.9 Å². The first-order valence-electron chi connectivity index (χ1n) is 9.64. The minimum atomic E-state index is -0.114. The van der Waals surface area contributed by atoms with E-state index < -0.39 is 0 Å². The SMILES string of the molecule is COc1ccc(OC)c(CN(C(=O)c2cn(Cc3ccccc3)nn2)C2CC2)c1. The first-order chi connectivity index (χ1) is 14.2. The van der Waals surface area contributed by atoms with Crippen molar-refractivity contribution in [3.8, 4) is 11.5 Å². The third-order valence-electron chi connectivity index (χ3n) is 5.02. The molecule has 150 valence electrons. The normalized spacial score (nSPS) is 13.2. The summed E-state index contributed by atoms with van der Waals surface area (Å²) < 4.78 is 12.5. The summed E-state index contributed by atoms with van der Waals surface area (Å²) in [7, 11) is 3.25. The molecular weight excluding hydrogens is 368 g/mol. The van der Waals surface area contributed by atoms with Gasteiger partial charge < -0.3 is 14.4 Å². The lowest BCUT2D eigenvalue weighted by Gasteiger charge is -2.23. The molecule has 0 radical (unpaired) electrons. The summed E-state index contributed by atoms with van der Waals surface area (Å²) in [5.41, 5.74) is 2.37. The second kappa shape index (κ2) is 8.34. The van der Waals surface area contributed by atoms with Gasteiger partial charge in [0, 0.05) is 11.6 Å². The Morgan fingerprint density at radius 3 is 2.62 bits per heavy atom. The smallest absolute Gasteiger partial charge is 0.276 e. The van der Waals surface area contributed by atoms with E-state index in [1.165, 1.54) is 0 Å². The molecule has 3 aromatic rings. The molecule has 0 saturated heterocycles. The quantitative estimate of drug-likeness (QED) is 0.589. The third kappa shape index (κ3) is 4.39. The molecule has 29 heavy (non-hydrogen) atoms. The van der Waals surface area contributed by atoms with Crippen molar-refractivity contribution in [2.24, 2.45) is 0 Å². The Morgan fingerprint density at radius 1 is 1.14 bits per heavy atom. The second-order valence-corrected chi connectivity index (χ2v) is 7.13.